The molecule has 1 aromatic carbocycles. The lowest BCUT2D eigenvalue weighted by Crippen LogP contribution is -2.47. The first-order valence-electron chi connectivity index (χ1n) is 13.8. The molecule has 2 heterocycles. The van der Waals surface area contributed by atoms with Crippen molar-refractivity contribution >= 4 is 23.3 Å². The van der Waals surface area contributed by atoms with Gasteiger partial charge in [-0.25, -0.2) is 4.79 Å². The van der Waals surface area contributed by atoms with E-state index in [0.717, 1.165) is 31.0 Å². The number of carbonyl (C=O) groups excluding carboxylic acids is 2. The maximum atomic E-state index is 12.6. The second-order valence-corrected chi connectivity index (χ2v) is 10.5. The van der Waals surface area contributed by atoms with Crippen molar-refractivity contribution in [3.8, 4) is 0 Å². The SMILES string of the molecule is O=C(O)C(F)(F)F.O=C1CCC(=O)N(CCCCN2CCN(CCC3CCCCC3)CC2)c2ccccc21. The molecule has 1 aliphatic carbocycles. The van der Waals surface area contributed by atoms with Crippen molar-refractivity contribution in [3.05, 3.63) is 29.8 Å². The van der Waals surface area contributed by atoms with Crippen molar-refractivity contribution in [1.82, 2.24) is 9.80 Å². The molecule has 1 amide bonds. The summed E-state index contributed by atoms with van der Waals surface area (Å²) in [5.41, 5.74) is 1.51. The smallest absolute Gasteiger partial charge is 0.475 e. The van der Waals surface area contributed by atoms with E-state index in [1.807, 2.05) is 29.2 Å². The topological polar surface area (TPSA) is 81.2 Å². The Bertz CT molecular complexity index is 926. The quantitative estimate of drug-likeness (QED) is 0.469. The summed E-state index contributed by atoms with van der Waals surface area (Å²) in [4.78, 5) is 40.9. The number of hydrogen-bond donors (Lipinski definition) is 1. The van der Waals surface area contributed by atoms with Crippen LogP contribution in [-0.2, 0) is 9.59 Å². The molecule has 3 aliphatic rings. The van der Waals surface area contributed by atoms with Crippen molar-refractivity contribution < 1.29 is 32.7 Å². The van der Waals surface area contributed by atoms with Gasteiger partial charge in [0.05, 0.1) is 5.69 Å². The number of hydrogen-bond acceptors (Lipinski definition) is 5. The highest BCUT2D eigenvalue weighted by molar-refractivity contribution is 6.10. The fourth-order valence-corrected chi connectivity index (χ4v) is 5.50. The number of aliphatic carboxylic acids is 1. The van der Waals surface area contributed by atoms with E-state index in [4.69, 9.17) is 9.90 Å². The molecule has 1 saturated heterocycles. The Hall–Kier alpha value is -2.46. The van der Waals surface area contributed by atoms with E-state index in [-0.39, 0.29) is 11.7 Å². The number of carboxylic acid groups (broad SMARTS) is 1. The van der Waals surface area contributed by atoms with Crippen LogP contribution in [0.25, 0.3) is 0 Å². The van der Waals surface area contributed by atoms with Crippen LogP contribution in [0.2, 0.25) is 0 Å². The third kappa shape index (κ3) is 9.38. The summed E-state index contributed by atoms with van der Waals surface area (Å²) in [6.45, 7) is 7.85. The summed E-state index contributed by atoms with van der Waals surface area (Å²) in [7, 11) is 0. The van der Waals surface area contributed by atoms with Gasteiger partial charge in [0.1, 0.15) is 0 Å². The van der Waals surface area contributed by atoms with Gasteiger partial charge in [-0.1, -0.05) is 44.2 Å². The lowest BCUT2D eigenvalue weighted by atomic mass is 9.87. The molecule has 0 radical (unpaired) electrons. The number of unbranched alkanes of at least 4 members (excludes halogenated alkanes) is 1. The Morgan fingerprint density at radius 1 is 0.868 bits per heavy atom. The average molecular weight is 540 g/mol. The number of anilines is 1. The summed E-state index contributed by atoms with van der Waals surface area (Å²) < 4.78 is 31.7. The molecule has 1 saturated carbocycles. The van der Waals surface area contributed by atoms with Crippen LogP contribution in [0.15, 0.2) is 24.3 Å². The largest absolute Gasteiger partial charge is 0.490 e. The van der Waals surface area contributed by atoms with Crippen LogP contribution in [0.3, 0.4) is 0 Å². The number of halogens is 3. The first-order valence-corrected chi connectivity index (χ1v) is 13.8. The van der Waals surface area contributed by atoms with Gasteiger partial charge in [0.2, 0.25) is 5.91 Å². The van der Waals surface area contributed by atoms with Gasteiger partial charge in [0, 0.05) is 51.1 Å². The summed E-state index contributed by atoms with van der Waals surface area (Å²) in [5, 5.41) is 7.12. The third-order valence-electron chi connectivity index (χ3n) is 7.75. The molecule has 10 heteroatoms. The number of nitrogens with zero attached hydrogens (tertiary/aromatic N) is 3. The number of ketones is 1. The highest BCUT2D eigenvalue weighted by atomic mass is 19.4. The van der Waals surface area contributed by atoms with Crippen molar-refractivity contribution in [2.45, 2.75) is 70.4 Å². The van der Waals surface area contributed by atoms with E-state index in [1.54, 1.807) is 0 Å². The van der Waals surface area contributed by atoms with Crippen LogP contribution in [0, 0.1) is 5.92 Å². The molecule has 4 rings (SSSR count). The van der Waals surface area contributed by atoms with Crippen LogP contribution in [0.1, 0.15) is 74.6 Å². The Balaban J connectivity index is 0.000000505. The average Bonchev–Trinajstić information content (AvgIpc) is 3.03. The fraction of sp³-hybridized carbons (Fsp3) is 0.679. The zero-order valence-electron chi connectivity index (χ0n) is 22.1. The minimum absolute atomic E-state index is 0.0879. The molecule has 38 heavy (non-hydrogen) atoms. The van der Waals surface area contributed by atoms with E-state index in [2.05, 4.69) is 9.80 Å². The summed E-state index contributed by atoms with van der Waals surface area (Å²) >= 11 is 0. The maximum absolute atomic E-state index is 12.6. The van der Waals surface area contributed by atoms with Crippen molar-refractivity contribution in [2.24, 2.45) is 5.92 Å². The van der Waals surface area contributed by atoms with Crippen molar-refractivity contribution in [3.63, 3.8) is 0 Å². The number of benzene rings is 1. The van der Waals surface area contributed by atoms with Gasteiger partial charge in [-0.3, -0.25) is 9.59 Å². The van der Waals surface area contributed by atoms with Gasteiger partial charge in [-0.2, -0.15) is 13.2 Å². The predicted octanol–water partition coefficient (Wildman–Crippen LogP) is 5.00. The summed E-state index contributed by atoms with van der Waals surface area (Å²) in [6.07, 6.45) is 6.31. The molecule has 2 fully saturated rings. The monoisotopic (exact) mass is 539 g/mol. The molecule has 1 aromatic rings. The van der Waals surface area contributed by atoms with Gasteiger partial charge >= 0.3 is 12.1 Å². The number of carbonyl (C=O) groups is 3. The second-order valence-electron chi connectivity index (χ2n) is 10.5. The van der Waals surface area contributed by atoms with Gasteiger partial charge in [-0.15, -0.1) is 0 Å². The molecular formula is C28H40F3N3O4. The summed E-state index contributed by atoms with van der Waals surface area (Å²) in [5.74, 6) is -1.60. The number of amides is 1. The number of Topliss-reactive ketones (excluding diaryl/α,β-unsaturated/α-hetero) is 1. The maximum Gasteiger partial charge on any atom is 0.490 e. The number of alkyl halides is 3. The molecule has 0 bridgehead atoms. The van der Waals surface area contributed by atoms with Crippen LogP contribution in [0.4, 0.5) is 18.9 Å². The Morgan fingerprint density at radius 3 is 2.08 bits per heavy atom. The zero-order chi connectivity index (χ0) is 27.5. The Kier molecular flexibility index (Phi) is 11.6. The van der Waals surface area contributed by atoms with Gasteiger partial charge in [0.15, 0.2) is 5.78 Å². The first kappa shape index (κ1) is 30.1. The van der Waals surface area contributed by atoms with Gasteiger partial charge in [0.25, 0.3) is 0 Å². The van der Waals surface area contributed by atoms with E-state index >= 15 is 0 Å². The number of fused-ring (bicyclic) bond motifs is 1. The third-order valence-corrected chi connectivity index (χ3v) is 7.75. The highest BCUT2D eigenvalue weighted by Crippen LogP contribution is 2.28. The van der Waals surface area contributed by atoms with Crippen molar-refractivity contribution in [1.29, 1.82) is 0 Å². The zero-order valence-corrected chi connectivity index (χ0v) is 22.1. The van der Waals surface area contributed by atoms with Gasteiger partial charge < -0.3 is 19.8 Å². The van der Waals surface area contributed by atoms with E-state index in [9.17, 15) is 22.8 Å². The van der Waals surface area contributed by atoms with E-state index in [0.29, 0.717) is 24.9 Å². The molecule has 212 valence electrons. The molecule has 0 spiro atoms. The molecule has 7 nitrogen and oxygen atoms in total. The molecular weight excluding hydrogens is 499 g/mol. The molecule has 2 aliphatic heterocycles. The first-order chi connectivity index (χ1) is 18.1. The molecule has 0 unspecified atom stereocenters. The van der Waals surface area contributed by atoms with Crippen LogP contribution < -0.4 is 4.90 Å². The minimum Gasteiger partial charge on any atom is -0.475 e. The Labute approximate surface area is 223 Å². The number of carboxylic acids is 1. The fourth-order valence-electron chi connectivity index (χ4n) is 5.50. The number of rotatable bonds is 8. The lowest BCUT2D eigenvalue weighted by Gasteiger charge is -2.35. The standard InChI is InChI=1S/C26H39N3O2.C2HF3O2/c30-25-12-13-26(31)29(24-11-5-4-10-23(24)25)16-7-6-15-27-18-20-28(21-19-27)17-14-22-8-2-1-3-9-22;3-2(4,5)1(6)7/h4-5,10-11,22H,1-3,6-9,12-21H2;(H,6,7). The van der Waals surface area contributed by atoms with Crippen LogP contribution >= 0.6 is 0 Å². The van der Waals surface area contributed by atoms with Crippen LogP contribution in [-0.4, -0.2) is 84.6 Å². The van der Waals surface area contributed by atoms with Crippen LogP contribution in [0.5, 0.6) is 0 Å². The second kappa shape index (κ2) is 14.6. The Morgan fingerprint density at radius 2 is 1.45 bits per heavy atom. The minimum atomic E-state index is -5.08. The normalized spacial score (nSPS) is 19.9. The highest BCUT2D eigenvalue weighted by Gasteiger charge is 2.38. The molecule has 0 atom stereocenters. The number of piperazine rings is 1. The predicted molar refractivity (Wildman–Crippen MR) is 139 cm³/mol. The molecule has 0 aromatic heterocycles. The summed E-state index contributed by atoms with van der Waals surface area (Å²) in [6, 6.07) is 7.59. The van der Waals surface area contributed by atoms with E-state index < -0.39 is 12.1 Å². The number of para-hydroxylation sites is 1. The van der Waals surface area contributed by atoms with Crippen molar-refractivity contribution in [2.75, 3.05) is 50.7 Å². The van der Waals surface area contributed by atoms with Gasteiger partial charge in [-0.05, 0) is 50.4 Å². The lowest BCUT2D eigenvalue weighted by molar-refractivity contribution is -0.192. The van der Waals surface area contributed by atoms with E-state index in [1.165, 1.54) is 71.2 Å². The molecule has 1 N–H and O–H groups in total.